The van der Waals surface area contributed by atoms with Crippen molar-refractivity contribution in [3.63, 3.8) is 0 Å². The molecule has 1 atom stereocenters. The molecule has 0 radical (unpaired) electrons. The summed E-state index contributed by atoms with van der Waals surface area (Å²) in [7, 11) is -3.64. The molecular weight excluding hydrogens is 402 g/mol. The number of anilines is 3. The van der Waals surface area contributed by atoms with Gasteiger partial charge in [-0.3, -0.25) is 9.10 Å². The molecule has 0 unspecified atom stereocenters. The standard InChI is InChI=1S/C22H29N3O4S/c1-4-18-5-9-21(10-6-18)25(30(3,27)28)17(2)22(26)23-19-7-11-20(12-8-19)24-13-15-29-16-14-24/h5-12,17H,4,13-16H2,1-3H3,(H,23,26)/t17-/m1/s1. The van der Waals surface area contributed by atoms with Crippen molar-refractivity contribution in [1.29, 1.82) is 0 Å². The molecule has 1 heterocycles. The van der Waals surface area contributed by atoms with E-state index < -0.39 is 16.1 Å². The van der Waals surface area contributed by atoms with Gasteiger partial charge in [-0.25, -0.2) is 8.42 Å². The Kier molecular flexibility index (Phi) is 6.99. The molecular formula is C22H29N3O4S. The van der Waals surface area contributed by atoms with Gasteiger partial charge in [0.15, 0.2) is 0 Å². The molecule has 2 aromatic carbocycles. The highest BCUT2D eigenvalue weighted by Gasteiger charge is 2.29. The predicted molar refractivity (Wildman–Crippen MR) is 121 cm³/mol. The summed E-state index contributed by atoms with van der Waals surface area (Å²) in [4.78, 5) is 15.1. The van der Waals surface area contributed by atoms with Crippen LogP contribution < -0.4 is 14.5 Å². The Labute approximate surface area is 178 Å². The van der Waals surface area contributed by atoms with Crippen LogP contribution in [0.25, 0.3) is 0 Å². The quantitative estimate of drug-likeness (QED) is 0.729. The topological polar surface area (TPSA) is 79.0 Å². The number of hydrogen-bond donors (Lipinski definition) is 1. The average Bonchev–Trinajstić information content (AvgIpc) is 2.74. The third-order valence-electron chi connectivity index (χ3n) is 5.20. The number of nitrogens with one attached hydrogen (secondary N) is 1. The predicted octanol–water partition coefficient (Wildman–Crippen LogP) is 2.88. The maximum Gasteiger partial charge on any atom is 0.247 e. The van der Waals surface area contributed by atoms with Crippen molar-refractivity contribution < 1.29 is 17.9 Å². The third-order valence-corrected chi connectivity index (χ3v) is 6.44. The van der Waals surface area contributed by atoms with Crippen LogP contribution in [0, 0.1) is 0 Å². The normalized spacial score (nSPS) is 15.5. The van der Waals surface area contributed by atoms with Crippen LogP contribution in [-0.2, 0) is 26.0 Å². The van der Waals surface area contributed by atoms with Crippen LogP contribution in [0.15, 0.2) is 48.5 Å². The lowest BCUT2D eigenvalue weighted by molar-refractivity contribution is -0.116. The molecule has 0 spiro atoms. The van der Waals surface area contributed by atoms with Gasteiger partial charge in [0.05, 0.1) is 25.2 Å². The number of nitrogens with zero attached hydrogens (tertiary/aromatic N) is 2. The van der Waals surface area contributed by atoms with Crippen LogP contribution >= 0.6 is 0 Å². The first kappa shape index (κ1) is 22.1. The SMILES string of the molecule is CCc1ccc(N([C@H](C)C(=O)Nc2ccc(N3CCOCC3)cc2)S(C)(=O)=O)cc1. The lowest BCUT2D eigenvalue weighted by Gasteiger charge is -2.29. The fourth-order valence-corrected chi connectivity index (χ4v) is 4.69. The second kappa shape index (κ2) is 9.49. The zero-order valence-electron chi connectivity index (χ0n) is 17.7. The average molecular weight is 432 g/mol. The van der Waals surface area contributed by atoms with E-state index in [-0.39, 0.29) is 5.91 Å². The molecule has 30 heavy (non-hydrogen) atoms. The van der Waals surface area contributed by atoms with E-state index in [9.17, 15) is 13.2 Å². The fraction of sp³-hybridized carbons (Fsp3) is 0.409. The molecule has 1 amide bonds. The molecule has 1 aliphatic rings. The van der Waals surface area contributed by atoms with Gasteiger partial charge in [0.25, 0.3) is 0 Å². The summed E-state index contributed by atoms with van der Waals surface area (Å²) >= 11 is 0. The van der Waals surface area contributed by atoms with Crippen molar-refractivity contribution >= 4 is 33.0 Å². The number of ether oxygens (including phenoxy) is 1. The van der Waals surface area contributed by atoms with Crippen molar-refractivity contribution in [3.8, 4) is 0 Å². The second-order valence-corrected chi connectivity index (χ2v) is 9.25. The lowest BCUT2D eigenvalue weighted by Crippen LogP contribution is -2.45. The van der Waals surface area contributed by atoms with Crippen molar-refractivity contribution in [2.45, 2.75) is 26.3 Å². The molecule has 1 fully saturated rings. The Hall–Kier alpha value is -2.58. The van der Waals surface area contributed by atoms with Crippen molar-refractivity contribution in [2.75, 3.05) is 47.1 Å². The van der Waals surface area contributed by atoms with Crippen LogP contribution in [0.1, 0.15) is 19.4 Å². The van der Waals surface area contributed by atoms with Crippen molar-refractivity contribution in [2.24, 2.45) is 0 Å². The van der Waals surface area contributed by atoms with Gasteiger partial charge in [0, 0.05) is 24.5 Å². The van der Waals surface area contributed by atoms with Gasteiger partial charge in [0.1, 0.15) is 6.04 Å². The van der Waals surface area contributed by atoms with Crippen LogP contribution in [0.5, 0.6) is 0 Å². The maximum atomic E-state index is 12.8. The largest absolute Gasteiger partial charge is 0.378 e. The van der Waals surface area contributed by atoms with Crippen molar-refractivity contribution in [1.82, 2.24) is 0 Å². The molecule has 0 bridgehead atoms. The minimum Gasteiger partial charge on any atom is -0.378 e. The van der Waals surface area contributed by atoms with Gasteiger partial charge < -0.3 is 15.0 Å². The number of rotatable bonds is 7. The first-order valence-corrected chi connectivity index (χ1v) is 12.0. The smallest absolute Gasteiger partial charge is 0.247 e. The van der Waals surface area contributed by atoms with E-state index in [1.165, 1.54) is 0 Å². The molecule has 1 saturated heterocycles. The van der Waals surface area contributed by atoms with Crippen LogP contribution in [0.4, 0.5) is 17.1 Å². The molecule has 0 aromatic heterocycles. The van der Waals surface area contributed by atoms with Crippen LogP contribution in [0.2, 0.25) is 0 Å². The Balaban J connectivity index is 1.73. The summed E-state index contributed by atoms with van der Waals surface area (Å²) in [5.41, 5.74) is 3.27. The zero-order valence-corrected chi connectivity index (χ0v) is 18.5. The van der Waals surface area contributed by atoms with E-state index >= 15 is 0 Å². The molecule has 1 aliphatic heterocycles. The summed E-state index contributed by atoms with van der Waals surface area (Å²) in [6.45, 7) is 6.70. The molecule has 8 heteroatoms. The minimum atomic E-state index is -3.64. The number of amides is 1. The highest BCUT2D eigenvalue weighted by Crippen LogP contribution is 2.23. The van der Waals surface area contributed by atoms with E-state index in [2.05, 4.69) is 10.2 Å². The summed E-state index contributed by atoms with van der Waals surface area (Å²) in [5.74, 6) is -0.390. The maximum absolute atomic E-state index is 12.8. The van der Waals surface area contributed by atoms with E-state index in [0.29, 0.717) is 24.6 Å². The van der Waals surface area contributed by atoms with Gasteiger partial charge in [-0.15, -0.1) is 0 Å². The number of carbonyl (C=O) groups is 1. The van der Waals surface area contributed by atoms with Gasteiger partial charge in [0.2, 0.25) is 15.9 Å². The fourth-order valence-electron chi connectivity index (χ4n) is 3.51. The van der Waals surface area contributed by atoms with E-state index in [4.69, 9.17) is 4.74 Å². The second-order valence-electron chi connectivity index (χ2n) is 7.39. The molecule has 162 valence electrons. The Morgan fingerprint density at radius 1 is 1.10 bits per heavy atom. The Morgan fingerprint density at radius 3 is 2.23 bits per heavy atom. The Morgan fingerprint density at radius 2 is 1.70 bits per heavy atom. The summed E-state index contributed by atoms with van der Waals surface area (Å²) < 4.78 is 31.4. The molecule has 1 N–H and O–H groups in total. The number of carbonyl (C=O) groups excluding carboxylic acids is 1. The number of benzene rings is 2. The van der Waals surface area contributed by atoms with E-state index in [1.54, 1.807) is 19.1 Å². The molecule has 0 aliphatic carbocycles. The monoisotopic (exact) mass is 431 g/mol. The van der Waals surface area contributed by atoms with Gasteiger partial charge in [-0.2, -0.15) is 0 Å². The summed E-state index contributed by atoms with van der Waals surface area (Å²) in [6.07, 6.45) is 1.97. The first-order valence-electron chi connectivity index (χ1n) is 10.1. The lowest BCUT2D eigenvalue weighted by atomic mass is 10.1. The van der Waals surface area contributed by atoms with E-state index in [0.717, 1.165) is 41.3 Å². The number of aryl methyl sites for hydroxylation is 1. The number of morpholine rings is 1. The Bertz CT molecular complexity index is 953. The minimum absolute atomic E-state index is 0.390. The van der Waals surface area contributed by atoms with E-state index in [1.807, 2.05) is 43.3 Å². The van der Waals surface area contributed by atoms with Gasteiger partial charge in [-0.05, 0) is 55.3 Å². The highest BCUT2D eigenvalue weighted by molar-refractivity contribution is 7.92. The third kappa shape index (κ3) is 5.31. The van der Waals surface area contributed by atoms with Crippen molar-refractivity contribution in [3.05, 3.63) is 54.1 Å². The number of hydrogen-bond acceptors (Lipinski definition) is 5. The highest BCUT2D eigenvalue weighted by atomic mass is 32.2. The number of sulfonamides is 1. The van der Waals surface area contributed by atoms with Crippen LogP contribution in [-0.4, -0.2) is 52.9 Å². The molecule has 0 saturated carbocycles. The summed E-state index contributed by atoms with van der Waals surface area (Å²) in [5, 5.41) is 2.83. The van der Waals surface area contributed by atoms with Gasteiger partial charge in [-0.1, -0.05) is 19.1 Å². The molecule has 2 aromatic rings. The molecule has 7 nitrogen and oxygen atoms in total. The molecule has 3 rings (SSSR count). The van der Waals surface area contributed by atoms with Crippen LogP contribution in [0.3, 0.4) is 0 Å². The first-order chi connectivity index (χ1) is 14.3. The summed E-state index contributed by atoms with van der Waals surface area (Å²) in [6, 6.07) is 13.9. The zero-order chi connectivity index (χ0) is 21.7. The van der Waals surface area contributed by atoms with Gasteiger partial charge >= 0.3 is 0 Å².